The summed E-state index contributed by atoms with van der Waals surface area (Å²) in [7, 11) is 0. The molecule has 0 aliphatic carbocycles. The minimum absolute atomic E-state index is 0.0589. The van der Waals surface area contributed by atoms with E-state index in [1.54, 1.807) is 6.92 Å². The molecule has 0 bridgehead atoms. The van der Waals surface area contributed by atoms with Crippen molar-refractivity contribution in [3.05, 3.63) is 83.4 Å². The van der Waals surface area contributed by atoms with Crippen LogP contribution >= 0.6 is 0 Å². The van der Waals surface area contributed by atoms with Gasteiger partial charge in [0.05, 0.1) is 19.8 Å². The number of carbonyl (C=O) groups excluding carboxylic acids is 2. The lowest BCUT2D eigenvalue weighted by Gasteiger charge is -2.26. The van der Waals surface area contributed by atoms with Gasteiger partial charge in [-0.05, 0) is 24.5 Å². The molecule has 0 amide bonds. The van der Waals surface area contributed by atoms with Crippen LogP contribution in [-0.4, -0.2) is 49.6 Å². The Bertz CT molecular complexity index is 1060. The van der Waals surface area contributed by atoms with E-state index in [0.29, 0.717) is 44.3 Å². The van der Waals surface area contributed by atoms with Gasteiger partial charge in [0.15, 0.2) is 0 Å². The first-order chi connectivity index (χ1) is 16.2. The second-order valence-electron chi connectivity index (χ2n) is 7.89. The zero-order chi connectivity index (χ0) is 23.0. The molecule has 7 heteroatoms. The van der Waals surface area contributed by atoms with Gasteiger partial charge < -0.3 is 18.8 Å². The molecular formula is C26H28N2O5. The molecule has 33 heavy (non-hydrogen) atoms. The lowest BCUT2D eigenvalue weighted by molar-refractivity contribution is -0.146. The van der Waals surface area contributed by atoms with Gasteiger partial charge in [-0.25, -0.2) is 4.98 Å². The first-order valence-corrected chi connectivity index (χ1v) is 11.3. The zero-order valence-electron chi connectivity index (χ0n) is 18.7. The van der Waals surface area contributed by atoms with Crippen LogP contribution in [0.4, 0.5) is 5.88 Å². The van der Waals surface area contributed by atoms with Crippen LogP contribution in [0.1, 0.15) is 34.4 Å². The third-order valence-electron chi connectivity index (χ3n) is 5.57. The molecule has 1 fully saturated rings. The van der Waals surface area contributed by atoms with Crippen LogP contribution < -0.4 is 4.90 Å². The normalized spacial score (nSPS) is 14.6. The molecule has 0 radical (unpaired) electrons. The number of carbonyl (C=O) groups is 2. The van der Waals surface area contributed by atoms with Crippen LogP contribution in [0.15, 0.2) is 65.1 Å². The summed E-state index contributed by atoms with van der Waals surface area (Å²) in [6, 6.07) is 19.3. The second kappa shape index (κ2) is 10.9. The van der Waals surface area contributed by atoms with Gasteiger partial charge in [0.2, 0.25) is 11.7 Å². The quantitative estimate of drug-likeness (QED) is 0.280. The van der Waals surface area contributed by atoms with E-state index in [0.717, 1.165) is 11.1 Å². The van der Waals surface area contributed by atoms with Gasteiger partial charge in [-0.3, -0.25) is 9.59 Å². The van der Waals surface area contributed by atoms with E-state index in [9.17, 15) is 9.59 Å². The number of ketones is 1. The van der Waals surface area contributed by atoms with Crippen molar-refractivity contribution in [2.24, 2.45) is 5.92 Å². The van der Waals surface area contributed by atoms with Crippen LogP contribution in [0.25, 0.3) is 0 Å². The van der Waals surface area contributed by atoms with Crippen LogP contribution in [0.2, 0.25) is 0 Å². The molecule has 2 heterocycles. The first kappa shape index (κ1) is 22.7. The molecule has 1 aliphatic rings. The summed E-state index contributed by atoms with van der Waals surface area (Å²) in [5, 5.41) is 0. The average molecular weight is 449 g/mol. The van der Waals surface area contributed by atoms with Crippen molar-refractivity contribution < 1.29 is 23.5 Å². The SMILES string of the molecule is CCOC(=O)C(Cc1ccccc1)C(=O)c1nc(Cc2ccccc2)c(N2CCOCC2)o1. The smallest absolute Gasteiger partial charge is 0.317 e. The van der Waals surface area contributed by atoms with Crippen LogP contribution in [0.5, 0.6) is 0 Å². The maximum Gasteiger partial charge on any atom is 0.317 e. The molecule has 0 saturated carbocycles. The number of oxazole rings is 1. The number of rotatable bonds is 9. The highest BCUT2D eigenvalue weighted by atomic mass is 16.5. The minimum Gasteiger partial charge on any atom is -0.465 e. The van der Waals surface area contributed by atoms with Gasteiger partial charge in [0.25, 0.3) is 5.89 Å². The summed E-state index contributed by atoms with van der Waals surface area (Å²) < 4.78 is 16.7. The third-order valence-corrected chi connectivity index (χ3v) is 5.57. The Labute approximate surface area is 193 Å². The first-order valence-electron chi connectivity index (χ1n) is 11.3. The van der Waals surface area contributed by atoms with Gasteiger partial charge in [0, 0.05) is 19.5 Å². The Morgan fingerprint density at radius 1 is 1.00 bits per heavy atom. The number of Topliss-reactive ketones (excluding diaryl/α,β-unsaturated/α-hetero) is 1. The van der Waals surface area contributed by atoms with Crippen molar-refractivity contribution in [1.29, 1.82) is 0 Å². The average Bonchev–Trinajstić information content (AvgIpc) is 3.28. The van der Waals surface area contributed by atoms with Gasteiger partial charge in [-0.2, -0.15) is 0 Å². The van der Waals surface area contributed by atoms with Crippen molar-refractivity contribution in [2.45, 2.75) is 19.8 Å². The predicted octanol–water partition coefficient (Wildman–Crippen LogP) is 3.71. The van der Waals surface area contributed by atoms with Gasteiger partial charge in [0.1, 0.15) is 11.6 Å². The van der Waals surface area contributed by atoms with Gasteiger partial charge in [-0.15, -0.1) is 0 Å². The minimum atomic E-state index is -1.02. The van der Waals surface area contributed by atoms with Crippen molar-refractivity contribution in [2.75, 3.05) is 37.8 Å². The molecule has 0 spiro atoms. The van der Waals surface area contributed by atoms with E-state index >= 15 is 0 Å². The van der Waals surface area contributed by atoms with Crippen molar-refractivity contribution in [3.63, 3.8) is 0 Å². The van der Waals surface area contributed by atoms with Gasteiger partial charge >= 0.3 is 5.97 Å². The third kappa shape index (κ3) is 5.68. The van der Waals surface area contributed by atoms with E-state index in [2.05, 4.69) is 4.98 Å². The molecule has 1 unspecified atom stereocenters. The fourth-order valence-corrected chi connectivity index (χ4v) is 3.89. The van der Waals surface area contributed by atoms with Crippen molar-refractivity contribution in [3.8, 4) is 0 Å². The Morgan fingerprint density at radius 3 is 2.27 bits per heavy atom. The molecular weight excluding hydrogens is 420 g/mol. The van der Waals surface area contributed by atoms with E-state index in [4.69, 9.17) is 13.9 Å². The second-order valence-corrected chi connectivity index (χ2v) is 7.89. The Balaban J connectivity index is 1.65. The lowest BCUT2D eigenvalue weighted by Crippen LogP contribution is -2.36. The standard InChI is InChI=1S/C26H28N2O5/c1-2-32-26(30)21(17-19-9-5-3-6-10-19)23(29)24-27-22(18-20-11-7-4-8-12-20)25(33-24)28-13-15-31-16-14-28/h3-12,21H,2,13-18H2,1H3. The highest BCUT2D eigenvalue weighted by molar-refractivity contribution is 6.06. The molecule has 7 nitrogen and oxygen atoms in total. The van der Waals surface area contributed by atoms with E-state index in [1.165, 1.54) is 0 Å². The van der Waals surface area contributed by atoms with Crippen molar-refractivity contribution in [1.82, 2.24) is 4.98 Å². The number of aromatic nitrogens is 1. The Morgan fingerprint density at radius 2 is 1.64 bits per heavy atom. The summed E-state index contributed by atoms with van der Waals surface area (Å²) in [6.45, 7) is 4.37. The monoisotopic (exact) mass is 448 g/mol. The largest absolute Gasteiger partial charge is 0.465 e. The number of nitrogens with zero attached hydrogens (tertiary/aromatic N) is 2. The number of esters is 1. The number of morpholine rings is 1. The fraction of sp³-hybridized carbons (Fsp3) is 0.346. The molecule has 0 N–H and O–H groups in total. The van der Waals surface area contributed by atoms with Gasteiger partial charge in [-0.1, -0.05) is 60.7 Å². The number of hydrogen-bond donors (Lipinski definition) is 0. The van der Waals surface area contributed by atoms with E-state index in [1.807, 2.05) is 65.6 Å². The highest BCUT2D eigenvalue weighted by Crippen LogP contribution is 2.28. The number of anilines is 1. The summed E-state index contributed by atoms with van der Waals surface area (Å²) in [5.74, 6) is -1.55. The van der Waals surface area contributed by atoms with E-state index in [-0.39, 0.29) is 18.9 Å². The Kier molecular flexibility index (Phi) is 7.52. The number of ether oxygens (including phenoxy) is 2. The molecule has 1 aliphatic heterocycles. The number of benzene rings is 2. The summed E-state index contributed by atoms with van der Waals surface area (Å²) in [4.78, 5) is 32.8. The molecule has 1 aromatic heterocycles. The van der Waals surface area contributed by atoms with E-state index < -0.39 is 17.7 Å². The topological polar surface area (TPSA) is 81.9 Å². The van der Waals surface area contributed by atoms with Crippen LogP contribution in [0.3, 0.4) is 0 Å². The predicted molar refractivity (Wildman–Crippen MR) is 123 cm³/mol. The molecule has 4 rings (SSSR count). The molecule has 3 aromatic rings. The molecule has 2 aromatic carbocycles. The van der Waals surface area contributed by atoms with Crippen molar-refractivity contribution >= 4 is 17.6 Å². The molecule has 1 saturated heterocycles. The molecule has 172 valence electrons. The summed E-state index contributed by atoms with van der Waals surface area (Å²) in [5.41, 5.74) is 2.60. The maximum absolute atomic E-state index is 13.5. The highest BCUT2D eigenvalue weighted by Gasteiger charge is 2.34. The van der Waals surface area contributed by atoms with Crippen LogP contribution in [-0.2, 0) is 27.1 Å². The summed E-state index contributed by atoms with van der Waals surface area (Å²) in [6.07, 6.45) is 0.745. The number of hydrogen-bond acceptors (Lipinski definition) is 7. The maximum atomic E-state index is 13.5. The fourth-order valence-electron chi connectivity index (χ4n) is 3.89. The zero-order valence-corrected chi connectivity index (χ0v) is 18.7. The lowest BCUT2D eigenvalue weighted by atomic mass is 9.95. The molecule has 1 atom stereocenters. The Hall–Kier alpha value is -3.45. The van der Waals surface area contributed by atoms with Crippen LogP contribution in [0, 0.1) is 5.92 Å². The summed E-state index contributed by atoms with van der Waals surface area (Å²) >= 11 is 0.